The summed E-state index contributed by atoms with van der Waals surface area (Å²) in [7, 11) is 0. The van der Waals surface area contributed by atoms with Gasteiger partial charge in [0, 0.05) is 11.6 Å². The first-order valence-electron chi connectivity index (χ1n) is 3.80. The zero-order valence-electron chi connectivity index (χ0n) is 7.22. The number of rotatable bonds is 2. The predicted octanol–water partition coefficient (Wildman–Crippen LogP) is 2.92. The van der Waals surface area contributed by atoms with Gasteiger partial charge < -0.3 is 5.11 Å². The molecule has 1 aromatic rings. The maximum atomic E-state index is 13.1. The van der Waals surface area contributed by atoms with Gasteiger partial charge in [0.1, 0.15) is 11.6 Å². The highest BCUT2D eigenvalue weighted by Gasteiger charge is 2.19. The monoisotopic (exact) mass is 264 g/mol. The molecular weight excluding hydrogens is 258 g/mol. The largest absolute Gasteiger partial charge is 0.481 e. The number of carboxylic acids is 1. The Kier molecular flexibility index (Phi) is 3.21. The number of hydrogen-bond acceptors (Lipinski definition) is 1. The quantitative estimate of drug-likeness (QED) is 0.835. The molecule has 0 aromatic heterocycles. The van der Waals surface area contributed by atoms with E-state index in [0.29, 0.717) is 6.07 Å². The van der Waals surface area contributed by atoms with E-state index in [0.717, 1.165) is 6.07 Å². The third-order valence-electron chi connectivity index (χ3n) is 1.88. The van der Waals surface area contributed by atoms with Crippen molar-refractivity contribution in [2.45, 2.75) is 12.8 Å². The molecule has 76 valence electrons. The maximum absolute atomic E-state index is 13.1. The lowest BCUT2D eigenvalue weighted by Crippen LogP contribution is -2.09. The average Bonchev–Trinajstić information content (AvgIpc) is 2.10. The number of hydrogen-bond donors (Lipinski definition) is 1. The molecule has 0 heterocycles. The third kappa shape index (κ3) is 2.09. The van der Waals surface area contributed by atoms with Crippen LogP contribution in [0, 0.1) is 11.6 Å². The molecule has 5 heteroatoms. The van der Waals surface area contributed by atoms with Gasteiger partial charge in [-0.05, 0) is 28.9 Å². The molecule has 0 bridgehead atoms. The van der Waals surface area contributed by atoms with Crippen molar-refractivity contribution >= 4 is 21.9 Å². The van der Waals surface area contributed by atoms with E-state index in [1.165, 1.54) is 6.92 Å². The smallest absolute Gasteiger partial charge is 0.310 e. The van der Waals surface area contributed by atoms with Crippen LogP contribution in [0.25, 0.3) is 0 Å². The molecule has 1 rings (SSSR count). The first-order valence-corrected chi connectivity index (χ1v) is 4.60. The highest BCUT2D eigenvalue weighted by Crippen LogP contribution is 2.25. The van der Waals surface area contributed by atoms with E-state index in [2.05, 4.69) is 15.9 Å². The molecule has 0 fully saturated rings. The van der Waals surface area contributed by atoms with Gasteiger partial charge in [0.05, 0.1) is 10.4 Å². The first kappa shape index (κ1) is 11.1. The second-order valence-corrected chi connectivity index (χ2v) is 3.70. The minimum absolute atomic E-state index is 0.0363. The SMILES string of the molecule is CC(C(=O)O)c1cc(Br)c(F)cc1F. The average molecular weight is 265 g/mol. The number of carbonyl (C=O) groups is 1. The van der Waals surface area contributed by atoms with Crippen LogP contribution < -0.4 is 0 Å². The van der Waals surface area contributed by atoms with Crippen molar-refractivity contribution < 1.29 is 18.7 Å². The van der Waals surface area contributed by atoms with Gasteiger partial charge in [0.2, 0.25) is 0 Å². The van der Waals surface area contributed by atoms with Crippen molar-refractivity contribution in [2.24, 2.45) is 0 Å². The Labute approximate surface area is 87.7 Å². The minimum atomic E-state index is -1.15. The Morgan fingerprint density at radius 3 is 2.50 bits per heavy atom. The van der Waals surface area contributed by atoms with Crippen LogP contribution in [0.15, 0.2) is 16.6 Å². The van der Waals surface area contributed by atoms with Gasteiger partial charge in [0.15, 0.2) is 0 Å². The van der Waals surface area contributed by atoms with E-state index < -0.39 is 23.5 Å². The second kappa shape index (κ2) is 4.04. The van der Waals surface area contributed by atoms with Crippen LogP contribution >= 0.6 is 15.9 Å². The Morgan fingerprint density at radius 2 is 2.00 bits per heavy atom. The molecule has 0 amide bonds. The topological polar surface area (TPSA) is 37.3 Å². The van der Waals surface area contributed by atoms with E-state index in [1.807, 2.05) is 0 Å². The van der Waals surface area contributed by atoms with E-state index in [4.69, 9.17) is 5.11 Å². The fraction of sp³-hybridized carbons (Fsp3) is 0.222. The van der Waals surface area contributed by atoms with Crippen molar-refractivity contribution in [3.63, 3.8) is 0 Å². The molecule has 0 aliphatic rings. The fourth-order valence-corrected chi connectivity index (χ4v) is 1.36. The predicted molar refractivity (Wildman–Crippen MR) is 50.1 cm³/mol. The lowest BCUT2D eigenvalue weighted by atomic mass is 10.0. The molecule has 1 N–H and O–H groups in total. The Balaban J connectivity index is 3.22. The van der Waals surface area contributed by atoms with E-state index in [-0.39, 0.29) is 10.0 Å². The Morgan fingerprint density at radius 1 is 1.43 bits per heavy atom. The summed E-state index contributed by atoms with van der Waals surface area (Å²) in [6.45, 7) is 1.34. The van der Waals surface area contributed by atoms with Crippen LogP contribution in [0.2, 0.25) is 0 Å². The van der Waals surface area contributed by atoms with Crippen molar-refractivity contribution in [2.75, 3.05) is 0 Å². The molecule has 0 radical (unpaired) electrons. The summed E-state index contributed by atoms with van der Waals surface area (Å²) in [5.74, 6) is -3.74. The molecule has 0 aliphatic carbocycles. The summed E-state index contributed by atoms with van der Waals surface area (Å²) in [5, 5.41) is 8.64. The number of benzene rings is 1. The third-order valence-corrected chi connectivity index (χ3v) is 2.48. The van der Waals surface area contributed by atoms with Crippen molar-refractivity contribution in [3.05, 3.63) is 33.8 Å². The van der Waals surface area contributed by atoms with Gasteiger partial charge in [0.25, 0.3) is 0 Å². The molecule has 0 saturated heterocycles. The molecule has 1 unspecified atom stereocenters. The van der Waals surface area contributed by atoms with Crippen molar-refractivity contribution in [1.82, 2.24) is 0 Å². The molecule has 14 heavy (non-hydrogen) atoms. The summed E-state index contributed by atoms with van der Waals surface area (Å²) in [4.78, 5) is 10.6. The van der Waals surface area contributed by atoms with Gasteiger partial charge in [-0.2, -0.15) is 0 Å². The van der Waals surface area contributed by atoms with Gasteiger partial charge in [-0.15, -0.1) is 0 Å². The summed E-state index contributed by atoms with van der Waals surface area (Å²) in [6.07, 6.45) is 0. The zero-order chi connectivity index (χ0) is 10.9. The van der Waals surface area contributed by atoms with E-state index >= 15 is 0 Å². The van der Waals surface area contributed by atoms with Gasteiger partial charge >= 0.3 is 5.97 Å². The lowest BCUT2D eigenvalue weighted by molar-refractivity contribution is -0.138. The van der Waals surface area contributed by atoms with Gasteiger partial charge in [-0.1, -0.05) is 0 Å². The highest BCUT2D eigenvalue weighted by molar-refractivity contribution is 9.10. The first-order chi connectivity index (χ1) is 6.43. The fourth-order valence-electron chi connectivity index (χ4n) is 1.00. The second-order valence-electron chi connectivity index (χ2n) is 2.85. The van der Waals surface area contributed by atoms with Crippen LogP contribution in [-0.2, 0) is 4.79 Å². The standard InChI is InChI=1S/C9H7BrF2O2/c1-4(9(13)14)5-2-6(10)8(12)3-7(5)11/h2-4H,1H3,(H,13,14). The van der Waals surface area contributed by atoms with Gasteiger partial charge in [-0.3, -0.25) is 4.79 Å². The zero-order valence-corrected chi connectivity index (χ0v) is 8.81. The van der Waals surface area contributed by atoms with Crippen LogP contribution in [0.3, 0.4) is 0 Å². The van der Waals surface area contributed by atoms with Crippen LogP contribution in [0.5, 0.6) is 0 Å². The molecule has 0 spiro atoms. The van der Waals surface area contributed by atoms with Crippen LogP contribution in [-0.4, -0.2) is 11.1 Å². The van der Waals surface area contributed by atoms with Gasteiger partial charge in [-0.25, -0.2) is 8.78 Å². The normalized spacial score (nSPS) is 12.6. The molecule has 0 saturated carbocycles. The van der Waals surface area contributed by atoms with Crippen LogP contribution in [0.1, 0.15) is 18.4 Å². The summed E-state index contributed by atoms with van der Waals surface area (Å²) in [5.41, 5.74) is -0.0363. The summed E-state index contributed by atoms with van der Waals surface area (Å²) < 4.78 is 26.0. The lowest BCUT2D eigenvalue weighted by Gasteiger charge is -2.08. The number of carboxylic acid groups (broad SMARTS) is 1. The maximum Gasteiger partial charge on any atom is 0.310 e. The molecule has 1 atom stereocenters. The van der Waals surface area contributed by atoms with Crippen molar-refractivity contribution in [1.29, 1.82) is 0 Å². The van der Waals surface area contributed by atoms with Crippen molar-refractivity contribution in [3.8, 4) is 0 Å². The molecule has 2 nitrogen and oxygen atoms in total. The number of halogens is 3. The number of aliphatic carboxylic acids is 1. The molecule has 0 aliphatic heterocycles. The Bertz CT molecular complexity index is 379. The summed E-state index contributed by atoms with van der Waals surface area (Å²) in [6, 6.07) is 1.81. The highest BCUT2D eigenvalue weighted by atomic mass is 79.9. The summed E-state index contributed by atoms with van der Waals surface area (Å²) >= 11 is 2.86. The van der Waals surface area contributed by atoms with E-state index in [9.17, 15) is 13.6 Å². The van der Waals surface area contributed by atoms with Crippen LogP contribution in [0.4, 0.5) is 8.78 Å². The minimum Gasteiger partial charge on any atom is -0.481 e. The Hall–Kier alpha value is -0.970. The molecular formula is C9H7BrF2O2. The molecule has 1 aromatic carbocycles. The van der Waals surface area contributed by atoms with E-state index in [1.54, 1.807) is 0 Å².